The van der Waals surface area contributed by atoms with E-state index >= 15 is 0 Å². The number of hydrogen-bond acceptors (Lipinski definition) is 4. The summed E-state index contributed by atoms with van der Waals surface area (Å²) in [6, 6.07) is 11.0. The largest absolute Gasteiger partial charge is 0.470 e. The number of rotatable bonds is 3. The van der Waals surface area contributed by atoms with Crippen molar-refractivity contribution in [3.05, 3.63) is 40.9 Å². The molecule has 0 unspecified atom stereocenters. The van der Waals surface area contributed by atoms with Gasteiger partial charge in [-0.1, -0.05) is 22.0 Å². The van der Waals surface area contributed by atoms with Gasteiger partial charge in [0.1, 0.15) is 11.4 Å². The molecule has 2 aromatic rings. The number of nitrogens with two attached hydrogens (primary N) is 1. The molecule has 0 fully saturated rings. The Kier molecular flexibility index (Phi) is 4.18. The maximum absolute atomic E-state index is 5.86. The zero-order valence-electron chi connectivity index (χ0n) is 11.7. The summed E-state index contributed by atoms with van der Waals surface area (Å²) in [6.45, 7) is 5.82. The zero-order valence-corrected chi connectivity index (χ0v) is 13.3. The van der Waals surface area contributed by atoms with E-state index in [1.165, 1.54) is 0 Å². The van der Waals surface area contributed by atoms with Crippen molar-refractivity contribution in [1.29, 1.82) is 0 Å². The highest BCUT2D eigenvalue weighted by atomic mass is 79.9. The molecule has 0 radical (unpaired) electrons. The Morgan fingerprint density at radius 2 is 1.90 bits per heavy atom. The second kappa shape index (κ2) is 5.71. The fraction of sp³-hybridized carbons (Fsp3) is 0.267. The number of aromatic nitrogens is 1. The van der Waals surface area contributed by atoms with Gasteiger partial charge in [-0.2, -0.15) is 4.98 Å². The summed E-state index contributed by atoms with van der Waals surface area (Å²) < 4.78 is 12.3. The van der Waals surface area contributed by atoms with Crippen molar-refractivity contribution in [2.45, 2.75) is 26.4 Å². The van der Waals surface area contributed by atoms with E-state index in [2.05, 4.69) is 20.9 Å². The molecule has 0 aliphatic carbocycles. The maximum atomic E-state index is 5.86. The molecular formula is C15H17BrN2O2. The fourth-order valence-corrected chi connectivity index (χ4v) is 1.89. The molecule has 2 N–H and O–H groups in total. The van der Waals surface area contributed by atoms with Gasteiger partial charge in [-0.05, 0) is 45.0 Å². The molecule has 0 atom stereocenters. The number of benzene rings is 1. The monoisotopic (exact) mass is 336 g/mol. The first-order valence-corrected chi connectivity index (χ1v) is 7.02. The first-order valence-electron chi connectivity index (χ1n) is 6.22. The minimum absolute atomic E-state index is 0.366. The van der Waals surface area contributed by atoms with Crippen LogP contribution in [0.15, 0.2) is 40.9 Å². The van der Waals surface area contributed by atoms with E-state index in [4.69, 9.17) is 15.2 Å². The van der Waals surface area contributed by atoms with Crippen LogP contribution in [-0.2, 0) is 0 Å². The van der Waals surface area contributed by atoms with E-state index in [-0.39, 0.29) is 5.60 Å². The van der Waals surface area contributed by atoms with Gasteiger partial charge in [-0.15, -0.1) is 0 Å². The first-order chi connectivity index (χ1) is 9.33. The molecule has 1 aromatic heterocycles. The highest BCUT2D eigenvalue weighted by molar-refractivity contribution is 9.10. The summed E-state index contributed by atoms with van der Waals surface area (Å²) in [5, 5.41) is 0. The molecule has 1 aromatic carbocycles. The quantitative estimate of drug-likeness (QED) is 0.902. The molecule has 20 heavy (non-hydrogen) atoms. The predicted octanol–water partition coefficient (Wildman–Crippen LogP) is 4.40. The van der Waals surface area contributed by atoms with Crippen molar-refractivity contribution in [3.8, 4) is 17.5 Å². The number of hydrogen-bond donors (Lipinski definition) is 1. The van der Waals surface area contributed by atoms with Crippen LogP contribution in [0.25, 0.3) is 0 Å². The van der Waals surface area contributed by atoms with Crippen LogP contribution >= 0.6 is 15.9 Å². The molecule has 1 heterocycles. The van der Waals surface area contributed by atoms with Crippen LogP contribution in [0, 0.1) is 0 Å². The number of nitrogens with zero attached hydrogens (tertiary/aromatic N) is 1. The van der Waals surface area contributed by atoms with E-state index < -0.39 is 0 Å². The molecule has 0 aliphatic rings. The van der Waals surface area contributed by atoms with Crippen LogP contribution in [0.1, 0.15) is 20.8 Å². The maximum Gasteiger partial charge on any atom is 0.241 e. The second-order valence-electron chi connectivity index (χ2n) is 5.32. The van der Waals surface area contributed by atoms with Gasteiger partial charge in [0.15, 0.2) is 0 Å². The van der Waals surface area contributed by atoms with E-state index in [0.29, 0.717) is 23.2 Å². The average Bonchev–Trinajstić information content (AvgIpc) is 2.32. The van der Waals surface area contributed by atoms with Crippen molar-refractivity contribution >= 4 is 21.6 Å². The van der Waals surface area contributed by atoms with Crippen molar-refractivity contribution in [2.75, 3.05) is 5.73 Å². The summed E-state index contributed by atoms with van der Waals surface area (Å²) >= 11 is 3.40. The van der Waals surface area contributed by atoms with E-state index in [9.17, 15) is 0 Å². The Balaban J connectivity index is 2.23. The lowest BCUT2D eigenvalue weighted by Gasteiger charge is -2.21. The van der Waals surface area contributed by atoms with E-state index in [1.54, 1.807) is 12.1 Å². The Bertz CT molecular complexity index is 609. The minimum Gasteiger partial charge on any atom is -0.470 e. The van der Waals surface area contributed by atoms with E-state index in [1.807, 2.05) is 45.0 Å². The third kappa shape index (κ3) is 4.13. The molecule has 0 saturated heterocycles. The highest BCUT2D eigenvalue weighted by Crippen LogP contribution is 2.29. The van der Waals surface area contributed by atoms with Gasteiger partial charge in [0.25, 0.3) is 0 Å². The van der Waals surface area contributed by atoms with Crippen LogP contribution in [0.2, 0.25) is 0 Å². The topological polar surface area (TPSA) is 57.4 Å². The van der Waals surface area contributed by atoms with Crippen LogP contribution in [0.4, 0.5) is 5.69 Å². The molecule has 0 spiro atoms. The zero-order chi connectivity index (χ0) is 14.8. The number of halogens is 1. The Labute approximate surface area is 127 Å². The Morgan fingerprint density at radius 3 is 2.55 bits per heavy atom. The molecular weight excluding hydrogens is 320 g/mol. The smallest absolute Gasteiger partial charge is 0.241 e. The lowest BCUT2D eigenvalue weighted by molar-refractivity contribution is 0.124. The van der Waals surface area contributed by atoms with Crippen LogP contribution in [-0.4, -0.2) is 10.6 Å². The Morgan fingerprint density at radius 1 is 1.15 bits per heavy atom. The molecule has 4 nitrogen and oxygen atoms in total. The Hall–Kier alpha value is -1.75. The van der Waals surface area contributed by atoms with Crippen molar-refractivity contribution in [2.24, 2.45) is 0 Å². The third-order valence-electron chi connectivity index (χ3n) is 2.29. The first kappa shape index (κ1) is 14.7. The van der Waals surface area contributed by atoms with Gasteiger partial charge in [0.05, 0.1) is 5.69 Å². The number of pyridine rings is 1. The van der Waals surface area contributed by atoms with Crippen molar-refractivity contribution in [3.63, 3.8) is 0 Å². The number of ether oxygens (including phenoxy) is 2. The lowest BCUT2D eigenvalue weighted by Crippen LogP contribution is -2.24. The summed E-state index contributed by atoms with van der Waals surface area (Å²) in [4.78, 5) is 4.30. The average molecular weight is 337 g/mol. The molecule has 0 aliphatic heterocycles. The molecule has 0 amide bonds. The van der Waals surface area contributed by atoms with Gasteiger partial charge in [0, 0.05) is 10.5 Å². The second-order valence-corrected chi connectivity index (χ2v) is 6.23. The summed E-state index contributed by atoms with van der Waals surface area (Å²) in [6.07, 6.45) is 0. The number of nitrogen functional groups attached to an aromatic ring is 1. The van der Waals surface area contributed by atoms with Crippen molar-refractivity contribution < 1.29 is 9.47 Å². The highest BCUT2D eigenvalue weighted by Gasteiger charge is 2.16. The summed E-state index contributed by atoms with van der Waals surface area (Å²) in [5.74, 6) is 1.51. The molecule has 2 rings (SSSR count). The minimum atomic E-state index is -0.366. The van der Waals surface area contributed by atoms with Gasteiger partial charge < -0.3 is 15.2 Å². The summed E-state index contributed by atoms with van der Waals surface area (Å²) in [5.41, 5.74) is 5.99. The lowest BCUT2D eigenvalue weighted by atomic mass is 10.2. The van der Waals surface area contributed by atoms with Gasteiger partial charge >= 0.3 is 0 Å². The predicted molar refractivity (Wildman–Crippen MR) is 83.2 cm³/mol. The van der Waals surface area contributed by atoms with Crippen LogP contribution < -0.4 is 15.2 Å². The molecule has 0 bridgehead atoms. The van der Waals surface area contributed by atoms with Gasteiger partial charge in [-0.25, -0.2) is 0 Å². The molecule has 5 heteroatoms. The summed E-state index contributed by atoms with van der Waals surface area (Å²) in [7, 11) is 0. The van der Waals surface area contributed by atoms with Crippen molar-refractivity contribution in [1.82, 2.24) is 4.98 Å². The van der Waals surface area contributed by atoms with Crippen LogP contribution in [0.5, 0.6) is 17.5 Å². The van der Waals surface area contributed by atoms with Gasteiger partial charge in [-0.3, -0.25) is 0 Å². The van der Waals surface area contributed by atoms with Gasteiger partial charge in [0.2, 0.25) is 11.8 Å². The number of anilines is 1. The van der Waals surface area contributed by atoms with Crippen LogP contribution in [0.3, 0.4) is 0 Å². The standard InChI is InChI=1S/C15H17BrN2O2/c1-15(2,3)20-14-12(17)7-8-13(18-14)19-11-6-4-5-10(16)9-11/h4-9H,17H2,1-3H3. The SMILES string of the molecule is CC(C)(C)Oc1nc(Oc2cccc(Br)c2)ccc1N. The third-order valence-corrected chi connectivity index (χ3v) is 2.78. The normalized spacial score (nSPS) is 11.2. The molecule has 106 valence electrons. The van der Waals surface area contributed by atoms with E-state index in [0.717, 1.165) is 4.47 Å². The fourth-order valence-electron chi connectivity index (χ4n) is 1.51. The molecule has 0 saturated carbocycles.